The lowest BCUT2D eigenvalue weighted by atomic mass is 9.99. The van der Waals surface area contributed by atoms with Crippen molar-refractivity contribution in [1.82, 2.24) is 15.8 Å². The minimum absolute atomic E-state index is 0.129. The van der Waals surface area contributed by atoms with Crippen LogP contribution in [0.5, 0.6) is 0 Å². The van der Waals surface area contributed by atoms with E-state index in [0.717, 1.165) is 37.7 Å². The number of halogens is 2. The fraction of sp³-hybridized carbons (Fsp3) is 0.409. The van der Waals surface area contributed by atoms with E-state index in [-0.39, 0.29) is 23.6 Å². The van der Waals surface area contributed by atoms with Gasteiger partial charge in [-0.05, 0) is 49.1 Å². The molecule has 1 saturated heterocycles. The summed E-state index contributed by atoms with van der Waals surface area (Å²) in [5.41, 5.74) is 7.69. The van der Waals surface area contributed by atoms with Gasteiger partial charge in [0.1, 0.15) is 11.6 Å². The van der Waals surface area contributed by atoms with E-state index in [4.69, 9.17) is 0 Å². The van der Waals surface area contributed by atoms with Gasteiger partial charge in [-0.2, -0.15) is 0 Å². The van der Waals surface area contributed by atoms with Crippen molar-refractivity contribution in [2.45, 2.75) is 44.2 Å². The lowest BCUT2D eigenvalue weighted by molar-refractivity contribution is 0.221. The maximum Gasteiger partial charge on any atom is 0.321 e. The van der Waals surface area contributed by atoms with Gasteiger partial charge in [0.15, 0.2) is 0 Å². The number of nitrogens with zero attached hydrogens (tertiary/aromatic N) is 1. The van der Waals surface area contributed by atoms with Gasteiger partial charge in [0.2, 0.25) is 0 Å². The number of urea groups is 1. The molecule has 3 N–H and O–H groups in total. The monoisotopic (exact) mass is 402 g/mol. The van der Waals surface area contributed by atoms with Gasteiger partial charge >= 0.3 is 6.03 Å². The summed E-state index contributed by atoms with van der Waals surface area (Å²) in [7, 11) is 1.71. The summed E-state index contributed by atoms with van der Waals surface area (Å²) in [6, 6.07) is 13.0. The molecule has 1 heterocycles. The van der Waals surface area contributed by atoms with Crippen LogP contribution in [0.1, 0.15) is 43.7 Å². The summed E-state index contributed by atoms with van der Waals surface area (Å²) >= 11 is 0. The Morgan fingerprint density at radius 2 is 1.93 bits per heavy atom. The van der Waals surface area contributed by atoms with Crippen LogP contribution in [-0.4, -0.2) is 30.6 Å². The number of hydrazine groups is 1. The Balaban J connectivity index is 1.31. The lowest BCUT2D eigenvalue weighted by Gasteiger charge is -2.18. The van der Waals surface area contributed by atoms with E-state index in [1.165, 1.54) is 12.1 Å². The Hall–Kier alpha value is -2.51. The van der Waals surface area contributed by atoms with Crippen LogP contribution in [0.25, 0.3) is 0 Å². The third-order valence-corrected chi connectivity index (χ3v) is 5.24. The van der Waals surface area contributed by atoms with E-state index < -0.39 is 5.82 Å². The summed E-state index contributed by atoms with van der Waals surface area (Å²) in [5, 5.41) is 2.59. The number of carbonyl (C=O) groups excluding carboxylic acids is 1. The molecular weight excluding hydrogens is 374 g/mol. The number of amides is 2. The molecule has 1 aliphatic rings. The number of rotatable bonds is 8. The second-order valence-corrected chi connectivity index (χ2v) is 7.51. The third-order valence-electron chi connectivity index (χ3n) is 5.24. The molecule has 7 heteroatoms. The van der Waals surface area contributed by atoms with Crippen molar-refractivity contribution in [3.05, 3.63) is 65.7 Å². The molecular formula is C22H28F2N4O. The average Bonchev–Trinajstić information content (AvgIpc) is 3.18. The van der Waals surface area contributed by atoms with Crippen molar-refractivity contribution in [3.63, 3.8) is 0 Å². The van der Waals surface area contributed by atoms with Gasteiger partial charge in [-0.1, -0.05) is 37.1 Å². The molecule has 156 valence electrons. The van der Waals surface area contributed by atoms with Crippen LogP contribution in [0, 0.1) is 11.6 Å². The molecule has 2 atom stereocenters. The van der Waals surface area contributed by atoms with Crippen LogP contribution in [0.4, 0.5) is 19.3 Å². The summed E-state index contributed by atoms with van der Waals surface area (Å²) in [4.78, 5) is 13.7. The fourth-order valence-corrected chi connectivity index (χ4v) is 3.54. The minimum atomic E-state index is -0.441. The largest absolute Gasteiger partial charge is 0.328 e. The van der Waals surface area contributed by atoms with Crippen LogP contribution < -0.4 is 16.2 Å². The maximum atomic E-state index is 13.6. The van der Waals surface area contributed by atoms with Gasteiger partial charge in [0.25, 0.3) is 0 Å². The molecule has 0 radical (unpaired) electrons. The number of nitrogens with one attached hydrogen (secondary N) is 3. The molecule has 5 nitrogen and oxygen atoms in total. The molecule has 29 heavy (non-hydrogen) atoms. The first-order valence-electron chi connectivity index (χ1n) is 10.1. The highest BCUT2D eigenvalue weighted by molar-refractivity contribution is 5.89. The zero-order chi connectivity index (χ0) is 20.6. The molecule has 2 unspecified atom stereocenters. The zero-order valence-electron chi connectivity index (χ0n) is 16.6. The first-order chi connectivity index (χ1) is 14.0. The predicted molar refractivity (Wildman–Crippen MR) is 110 cm³/mol. The first-order valence-corrected chi connectivity index (χ1v) is 10.1. The summed E-state index contributed by atoms with van der Waals surface area (Å²) in [6.07, 6.45) is 4.87. The fourth-order valence-electron chi connectivity index (χ4n) is 3.54. The molecule has 1 fully saturated rings. The number of hydrogen-bond acceptors (Lipinski definition) is 3. The Kier molecular flexibility index (Phi) is 7.55. The van der Waals surface area contributed by atoms with Gasteiger partial charge in [-0.25, -0.2) is 13.6 Å². The highest BCUT2D eigenvalue weighted by atomic mass is 19.1. The van der Waals surface area contributed by atoms with Gasteiger partial charge in [-0.15, -0.1) is 0 Å². The normalized spacial score (nSPS) is 18.6. The second-order valence-electron chi connectivity index (χ2n) is 7.51. The van der Waals surface area contributed by atoms with E-state index in [0.29, 0.717) is 12.6 Å². The molecule has 0 saturated carbocycles. The van der Waals surface area contributed by atoms with Crippen LogP contribution in [0.15, 0.2) is 48.5 Å². The SMILES string of the molecule is CN(CCCCCC1CC(c2cccc(F)c2)NN1)C(=O)Nc1ccccc1F. The summed E-state index contributed by atoms with van der Waals surface area (Å²) in [6.45, 7) is 0.614. The summed E-state index contributed by atoms with van der Waals surface area (Å²) in [5.74, 6) is -0.653. The molecule has 0 aromatic heterocycles. The Bertz CT molecular complexity index is 817. The van der Waals surface area contributed by atoms with Crippen LogP contribution in [0.3, 0.4) is 0 Å². The van der Waals surface area contributed by atoms with Gasteiger partial charge in [0, 0.05) is 25.7 Å². The van der Waals surface area contributed by atoms with Crippen LogP contribution in [0.2, 0.25) is 0 Å². The smallest absolute Gasteiger partial charge is 0.321 e. The molecule has 2 aromatic rings. The predicted octanol–water partition coefficient (Wildman–Crippen LogP) is 4.60. The van der Waals surface area contributed by atoms with Crippen molar-refractivity contribution in [1.29, 1.82) is 0 Å². The third kappa shape index (κ3) is 6.24. The van der Waals surface area contributed by atoms with Gasteiger partial charge in [0.05, 0.1) is 5.69 Å². The number of carbonyl (C=O) groups is 1. The van der Waals surface area contributed by atoms with Crippen LogP contribution >= 0.6 is 0 Å². The molecule has 1 aliphatic heterocycles. The van der Waals surface area contributed by atoms with Gasteiger partial charge in [-0.3, -0.25) is 10.9 Å². The number of anilines is 1. The molecule has 0 aliphatic carbocycles. The Morgan fingerprint density at radius 3 is 2.72 bits per heavy atom. The molecule has 2 amide bonds. The first kappa shape index (κ1) is 21.2. The van der Waals surface area contributed by atoms with Crippen molar-refractivity contribution in [3.8, 4) is 0 Å². The number of unbranched alkanes of at least 4 members (excludes halogenated alkanes) is 2. The number of para-hydroxylation sites is 1. The number of hydrogen-bond donors (Lipinski definition) is 3. The van der Waals surface area contributed by atoms with E-state index in [9.17, 15) is 13.6 Å². The van der Waals surface area contributed by atoms with E-state index >= 15 is 0 Å². The zero-order valence-corrected chi connectivity index (χ0v) is 16.6. The van der Waals surface area contributed by atoms with Crippen molar-refractivity contribution >= 4 is 11.7 Å². The molecule has 2 aromatic carbocycles. The van der Waals surface area contributed by atoms with Crippen molar-refractivity contribution in [2.24, 2.45) is 0 Å². The lowest BCUT2D eigenvalue weighted by Crippen LogP contribution is -2.32. The number of benzene rings is 2. The maximum absolute atomic E-state index is 13.6. The highest BCUT2D eigenvalue weighted by Crippen LogP contribution is 2.25. The molecule has 0 bridgehead atoms. The van der Waals surface area contributed by atoms with Crippen molar-refractivity contribution < 1.29 is 13.6 Å². The standard InChI is InChI=1S/C22H28F2N4O/c1-28(22(29)25-20-12-5-4-11-19(20)24)13-6-2-3-10-18-15-21(27-26-18)16-8-7-9-17(23)14-16/h4-5,7-9,11-12,14,18,21,26-27H,2-3,6,10,13,15H2,1H3,(H,25,29). The molecule has 0 spiro atoms. The van der Waals surface area contributed by atoms with Crippen molar-refractivity contribution in [2.75, 3.05) is 18.9 Å². The second kappa shape index (κ2) is 10.3. The van der Waals surface area contributed by atoms with E-state index in [1.807, 2.05) is 6.07 Å². The Morgan fingerprint density at radius 1 is 1.10 bits per heavy atom. The molecule has 3 rings (SSSR count). The quantitative estimate of drug-likeness (QED) is 0.566. The Labute approximate surface area is 170 Å². The summed E-state index contributed by atoms with van der Waals surface area (Å²) < 4.78 is 27.0. The van der Waals surface area contributed by atoms with Crippen LogP contribution in [-0.2, 0) is 0 Å². The van der Waals surface area contributed by atoms with E-state index in [2.05, 4.69) is 16.2 Å². The average molecular weight is 402 g/mol. The topological polar surface area (TPSA) is 56.4 Å². The van der Waals surface area contributed by atoms with E-state index in [1.54, 1.807) is 42.3 Å². The minimum Gasteiger partial charge on any atom is -0.328 e. The highest BCUT2D eigenvalue weighted by Gasteiger charge is 2.24. The van der Waals surface area contributed by atoms with Gasteiger partial charge < -0.3 is 10.2 Å².